The first-order chi connectivity index (χ1) is 16.8. The van der Waals surface area contributed by atoms with E-state index in [1.165, 1.54) is 0 Å². The van der Waals surface area contributed by atoms with Crippen molar-refractivity contribution in [2.75, 3.05) is 19.7 Å². The third-order valence-electron chi connectivity index (χ3n) is 6.32. The fraction of sp³-hybridized carbons (Fsp3) is 0.524. The highest BCUT2D eigenvalue weighted by Crippen LogP contribution is 2.51. The Bertz CT molecular complexity index is 1200. The molecule has 2 unspecified atom stereocenters. The lowest BCUT2D eigenvalue weighted by Gasteiger charge is -2.32. The molecule has 0 spiro atoms. The normalized spacial score (nSPS) is 29.6. The summed E-state index contributed by atoms with van der Waals surface area (Å²) in [6, 6.07) is 7.02. The monoisotopic (exact) mass is 509 g/mol. The zero-order valence-electron chi connectivity index (χ0n) is 18.7. The van der Waals surface area contributed by atoms with Crippen LogP contribution >= 0.6 is 7.75 Å². The number of piperidine rings is 1. The molecule has 0 bridgehead atoms. The van der Waals surface area contributed by atoms with Crippen molar-refractivity contribution in [3.63, 3.8) is 0 Å². The molecule has 3 aliphatic rings. The maximum Gasteiger partial charge on any atom is 0.481 e. The van der Waals surface area contributed by atoms with Gasteiger partial charge in [-0.2, -0.15) is 4.67 Å². The van der Waals surface area contributed by atoms with E-state index in [9.17, 15) is 23.7 Å². The van der Waals surface area contributed by atoms with Gasteiger partial charge in [-0.15, -0.1) is 5.10 Å². The number of fused-ring (bicyclic) bond motifs is 1. The lowest BCUT2D eigenvalue weighted by atomic mass is 9.95. The minimum atomic E-state index is -3.94. The lowest BCUT2D eigenvalue weighted by Crippen LogP contribution is -2.44. The summed E-state index contributed by atoms with van der Waals surface area (Å²) in [4.78, 5) is 24.5. The molecule has 2 aromatic rings. The summed E-state index contributed by atoms with van der Waals surface area (Å²) in [5, 5.41) is 20.4. The number of halogens is 1. The SMILES string of the molecule is O=C1NC(=O)[C@H](C2C[C@H](O)[C@@H](COP(=O)(On3nnc4ccccc43)N3CCCCC3)O2)C=C1F. The van der Waals surface area contributed by atoms with E-state index in [1.54, 1.807) is 28.9 Å². The maximum atomic E-state index is 14.0. The van der Waals surface area contributed by atoms with Gasteiger partial charge in [0.2, 0.25) is 5.91 Å². The number of ether oxygens (including phenoxy) is 1. The molecular weight excluding hydrogens is 484 g/mol. The van der Waals surface area contributed by atoms with E-state index in [1.807, 2.05) is 5.32 Å². The molecule has 2 amide bonds. The summed E-state index contributed by atoms with van der Waals surface area (Å²) in [5.41, 5.74) is 1.07. The van der Waals surface area contributed by atoms with Crippen molar-refractivity contribution < 1.29 is 37.5 Å². The second-order valence-corrected chi connectivity index (χ2v) is 10.6. The zero-order valence-corrected chi connectivity index (χ0v) is 19.6. The average Bonchev–Trinajstić information content (AvgIpc) is 3.44. The minimum Gasteiger partial charge on any atom is -0.390 e. The van der Waals surface area contributed by atoms with Gasteiger partial charge in [0.1, 0.15) is 17.1 Å². The van der Waals surface area contributed by atoms with Crippen LogP contribution in [0.1, 0.15) is 25.7 Å². The summed E-state index contributed by atoms with van der Waals surface area (Å²) >= 11 is 0. The van der Waals surface area contributed by atoms with Gasteiger partial charge >= 0.3 is 7.75 Å². The van der Waals surface area contributed by atoms with Gasteiger partial charge in [0.15, 0.2) is 5.83 Å². The van der Waals surface area contributed by atoms with Gasteiger partial charge < -0.3 is 14.5 Å². The van der Waals surface area contributed by atoms with Crippen LogP contribution in [0.4, 0.5) is 4.39 Å². The number of imide groups is 1. The summed E-state index contributed by atoms with van der Waals surface area (Å²) in [5.74, 6) is -3.99. The molecule has 2 N–H and O–H groups in total. The molecule has 0 aliphatic carbocycles. The van der Waals surface area contributed by atoms with Crippen molar-refractivity contribution in [3.8, 4) is 0 Å². The maximum absolute atomic E-state index is 14.0. The largest absolute Gasteiger partial charge is 0.481 e. The Morgan fingerprint density at radius 1 is 1.23 bits per heavy atom. The van der Waals surface area contributed by atoms with Gasteiger partial charge in [-0.1, -0.05) is 23.4 Å². The van der Waals surface area contributed by atoms with Crippen molar-refractivity contribution >= 4 is 30.6 Å². The summed E-state index contributed by atoms with van der Waals surface area (Å²) in [6.45, 7) is 0.666. The Hall–Kier alpha value is -2.70. The predicted molar refractivity (Wildman–Crippen MR) is 118 cm³/mol. The molecule has 2 saturated heterocycles. The van der Waals surface area contributed by atoms with Crippen LogP contribution < -0.4 is 9.94 Å². The number of hydrogen-bond donors (Lipinski definition) is 2. The molecule has 35 heavy (non-hydrogen) atoms. The van der Waals surface area contributed by atoms with Crippen LogP contribution in [0.5, 0.6) is 0 Å². The Labute approximate surface area is 199 Å². The minimum absolute atomic E-state index is 0.00662. The first kappa shape index (κ1) is 24.0. The fourth-order valence-electron chi connectivity index (χ4n) is 4.43. The van der Waals surface area contributed by atoms with Crippen LogP contribution in [0, 0.1) is 5.92 Å². The van der Waals surface area contributed by atoms with Gasteiger partial charge in [-0.25, -0.2) is 8.96 Å². The standard InChI is InChI=1S/C21H25FN5O7P/c22-14-10-13(20(29)23-21(14)30)18-11-17(28)19(33-18)12-32-35(31,26-8-4-1-5-9-26)34-27-16-7-3-2-6-15(16)24-25-27/h2-3,6-7,10,13,17-19,28H,1,4-5,8-9,11-12H2,(H,23,29,30)/t13-,17-,18?,19+,35?/m0/s1. The third-order valence-corrected chi connectivity index (χ3v) is 8.25. The smallest absolute Gasteiger partial charge is 0.390 e. The zero-order chi connectivity index (χ0) is 24.6. The molecule has 5 atom stereocenters. The van der Waals surface area contributed by atoms with Crippen molar-refractivity contribution in [2.45, 2.75) is 44.0 Å². The van der Waals surface area contributed by atoms with E-state index in [0.717, 1.165) is 30.2 Å². The summed E-state index contributed by atoms with van der Waals surface area (Å²) in [7, 11) is -3.94. The van der Waals surface area contributed by atoms with Crippen molar-refractivity contribution in [2.24, 2.45) is 5.92 Å². The van der Waals surface area contributed by atoms with Gasteiger partial charge in [-0.05, 0) is 36.3 Å². The molecule has 2 fully saturated rings. The van der Waals surface area contributed by atoms with Crippen LogP contribution in [0.25, 0.3) is 11.0 Å². The molecule has 0 radical (unpaired) electrons. The number of rotatable bonds is 7. The van der Waals surface area contributed by atoms with Crippen LogP contribution in [-0.2, 0) is 23.4 Å². The van der Waals surface area contributed by atoms with Crippen LogP contribution in [-0.4, -0.2) is 74.8 Å². The van der Waals surface area contributed by atoms with Gasteiger partial charge in [0, 0.05) is 19.5 Å². The molecule has 1 aromatic heterocycles. The number of nitrogens with one attached hydrogen (secondary N) is 1. The second kappa shape index (κ2) is 9.75. The van der Waals surface area contributed by atoms with Crippen molar-refractivity contribution in [1.82, 2.24) is 25.1 Å². The molecule has 4 heterocycles. The molecular formula is C21H25FN5O7P. The van der Waals surface area contributed by atoms with E-state index >= 15 is 0 Å². The molecule has 14 heteroatoms. The summed E-state index contributed by atoms with van der Waals surface area (Å²) in [6.07, 6.45) is 0.614. The number of nitrogens with zero attached hydrogens (tertiary/aromatic N) is 4. The molecule has 0 saturated carbocycles. The van der Waals surface area contributed by atoms with E-state index in [4.69, 9.17) is 13.9 Å². The fourth-order valence-corrected chi connectivity index (χ4v) is 6.17. The number of para-hydroxylation sites is 1. The first-order valence-electron chi connectivity index (χ1n) is 11.4. The van der Waals surface area contributed by atoms with E-state index < -0.39 is 49.6 Å². The van der Waals surface area contributed by atoms with Crippen molar-refractivity contribution in [3.05, 3.63) is 36.2 Å². The highest BCUT2D eigenvalue weighted by molar-refractivity contribution is 7.51. The number of carbonyl (C=O) groups is 2. The van der Waals surface area contributed by atoms with Crippen LogP contribution in [0.2, 0.25) is 0 Å². The Morgan fingerprint density at radius 3 is 2.80 bits per heavy atom. The summed E-state index contributed by atoms with van der Waals surface area (Å²) < 4.78 is 46.6. The lowest BCUT2D eigenvalue weighted by molar-refractivity contribution is -0.135. The van der Waals surface area contributed by atoms with E-state index in [2.05, 4.69) is 10.3 Å². The average molecular weight is 509 g/mol. The number of carbonyl (C=O) groups excluding carboxylic acids is 2. The Kier molecular flexibility index (Phi) is 6.69. The van der Waals surface area contributed by atoms with Gasteiger partial charge in [-0.3, -0.25) is 19.4 Å². The number of benzene rings is 1. The quantitative estimate of drug-likeness (QED) is 0.411. The van der Waals surface area contributed by atoms with E-state index in [-0.39, 0.29) is 13.0 Å². The van der Waals surface area contributed by atoms with E-state index in [0.29, 0.717) is 24.1 Å². The molecule has 1 aromatic carbocycles. The number of hydrogen-bond acceptors (Lipinski definition) is 9. The van der Waals surface area contributed by atoms with Crippen LogP contribution in [0.15, 0.2) is 36.2 Å². The number of aliphatic hydroxyl groups excluding tert-OH is 1. The highest BCUT2D eigenvalue weighted by Gasteiger charge is 2.45. The van der Waals surface area contributed by atoms with Gasteiger partial charge in [0.05, 0.1) is 24.7 Å². The third kappa shape index (κ3) is 4.87. The molecule has 3 aliphatic heterocycles. The van der Waals surface area contributed by atoms with Crippen molar-refractivity contribution in [1.29, 1.82) is 0 Å². The molecule has 5 rings (SSSR count). The van der Waals surface area contributed by atoms with Crippen LogP contribution in [0.3, 0.4) is 0 Å². The second-order valence-electron chi connectivity index (χ2n) is 8.69. The molecule has 12 nitrogen and oxygen atoms in total. The predicted octanol–water partition coefficient (Wildman–Crippen LogP) is 1.11. The Morgan fingerprint density at radius 2 is 2.00 bits per heavy atom. The van der Waals surface area contributed by atoms with Gasteiger partial charge in [0.25, 0.3) is 5.91 Å². The number of aliphatic hydroxyl groups is 1. The number of amides is 2. The molecule has 188 valence electrons. The Balaban J connectivity index is 1.31. The first-order valence-corrected chi connectivity index (χ1v) is 12.9. The number of aromatic nitrogens is 3. The highest BCUT2D eigenvalue weighted by atomic mass is 31.2. The topological polar surface area (TPSA) is 145 Å².